The van der Waals surface area contributed by atoms with Crippen LogP contribution >= 0.6 is 0 Å². The molecule has 5 rings (SSSR count). The average molecular weight is 515 g/mol. The summed E-state index contributed by atoms with van der Waals surface area (Å²) in [6.07, 6.45) is 7.40. The standard InChI is InChI=1S/C27H30N8O3/c1-5-38-9-8-34-17-20(31-32-34)18-35(22-10-23(36-3)13-24(11-22)37-4)21-6-7-25-26(12-21)30-27(15-28-25)19-14-29-33(2)16-19/h6-7,10-17H,5,8-9,18H2,1-4H3. The van der Waals surface area contributed by atoms with Gasteiger partial charge in [0.1, 0.15) is 17.2 Å². The van der Waals surface area contributed by atoms with Gasteiger partial charge in [-0.3, -0.25) is 9.67 Å². The third-order valence-corrected chi connectivity index (χ3v) is 6.06. The van der Waals surface area contributed by atoms with Crippen LogP contribution in [0.3, 0.4) is 0 Å². The van der Waals surface area contributed by atoms with Crippen LogP contribution in [0.25, 0.3) is 22.3 Å². The van der Waals surface area contributed by atoms with E-state index in [2.05, 4.69) is 25.3 Å². The molecule has 0 aliphatic heterocycles. The van der Waals surface area contributed by atoms with Crippen molar-refractivity contribution in [2.24, 2.45) is 7.05 Å². The zero-order valence-electron chi connectivity index (χ0n) is 21.9. The SMILES string of the molecule is CCOCCn1cc(CN(c2cc(OC)cc(OC)c2)c2ccc3ncc(-c4cnn(C)c4)nc3c2)nn1. The molecule has 0 N–H and O–H groups in total. The van der Waals surface area contributed by atoms with E-state index in [1.54, 1.807) is 36.0 Å². The quantitative estimate of drug-likeness (QED) is 0.242. The summed E-state index contributed by atoms with van der Waals surface area (Å²) in [6.45, 7) is 4.32. The Morgan fingerprint density at radius 1 is 0.921 bits per heavy atom. The molecule has 11 heteroatoms. The molecule has 0 saturated carbocycles. The van der Waals surface area contributed by atoms with E-state index in [-0.39, 0.29) is 0 Å². The summed E-state index contributed by atoms with van der Waals surface area (Å²) in [5, 5.41) is 12.9. The fraction of sp³-hybridized carbons (Fsp3) is 0.296. The second-order valence-electron chi connectivity index (χ2n) is 8.66. The van der Waals surface area contributed by atoms with Crippen molar-refractivity contribution in [1.82, 2.24) is 34.7 Å². The number of rotatable bonds is 11. The molecule has 38 heavy (non-hydrogen) atoms. The molecule has 0 aliphatic carbocycles. The van der Waals surface area contributed by atoms with E-state index in [4.69, 9.17) is 19.2 Å². The van der Waals surface area contributed by atoms with Crippen LogP contribution < -0.4 is 14.4 Å². The molecule has 196 valence electrons. The number of benzene rings is 2. The molecule has 3 aromatic heterocycles. The summed E-state index contributed by atoms with van der Waals surface area (Å²) in [6, 6.07) is 11.8. The van der Waals surface area contributed by atoms with Gasteiger partial charge in [-0.2, -0.15) is 5.10 Å². The number of aryl methyl sites for hydroxylation is 1. The monoisotopic (exact) mass is 514 g/mol. The number of hydrogen-bond donors (Lipinski definition) is 0. The first-order valence-electron chi connectivity index (χ1n) is 12.3. The van der Waals surface area contributed by atoms with Crippen molar-refractivity contribution in [2.75, 3.05) is 32.3 Å². The normalized spacial score (nSPS) is 11.2. The van der Waals surface area contributed by atoms with E-state index >= 15 is 0 Å². The summed E-state index contributed by atoms with van der Waals surface area (Å²) < 4.78 is 20.1. The Labute approximate surface area is 220 Å². The van der Waals surface area contributed by atoms with Gasteiger partial charge >= 0.3 is 0 Å². The minimum atomic E-state index is 0.464. The molecule has 0 saturated heterocycles. The number of ether oxygens (including phenoxy) is 3. The second kappa shape index (κ2) is 11.3. The van der Waals surface area contributed by atoms with Crippen molar-refractivity contribution in [2.45, 2.75) is 20.0 Å². The van der Waals surface area contributed by atoms with Gasteiger partial charge in [-0.1, -0.05) is 5.21 Å². The Kier molecular flexibility index (Phi) is 7.45. The maximum atomic E-state index is 5.55. The molecule has 0 bridgehead atoms. The van der Waals surface area contributed by atoms with E-state index in [0.717, 1.165) is 39.4 Å². The number of anilines is 2. The number of aromatic nitrogens is 7. The Morgan fingerprint density at radius 2 is 1.74 bits per heavy atom. The van der Waals surface area contributed by atoms with Gasteiger partial charge < -0.3 is 19.1 Å². The largest absolute Gasteiger partial charge is 0.497 e. The number of fused-ring (bicyclic) bond motifs is 1. The Morgan fingerprint density at radius 3 is 2.45 bits per heavy atom. The number of methoxy groups -OCH3 is 2. The second-order valence-corrected chi connectivity index (χ2v) is 8.66. The Balaban J connectivity index is 1.54. The molecule has 3 heterocycles. The maximum absolute atomic E-state index is 5.55. The summed E-state index contributed by atoms with van der Waals surface area (Å²) in [5.74, 6) is 1.37. The van der Waals surface area contributed by atoms with Crippen molar-refractivity contribution < 1.29 is 14.2 Å². The molecule has 0 spiro atoms. The minimum absolute atomic E-state index is 0.464. The van der Waals surface area contributed by atoms with Crippen molar-refractivity contribution in [3.05, 3.63) is 66.9 Å². The molecule has 0 aliphatic rings. The van der Waals surface area contributed by atoms with Crippen LogP contribution in [0.2, 0.25) is 0 Å². The van der Waals surface area contributed by atoms with Crippen LogP contribution in [-0.2, 0) is 24.9 Å². The van der Waals surface area contributed by atoms with Gasteiger partial charge in [-0.25, -0.2) is 9.67 Å². The summed E-state index contributed by atoms with van der Waals surface area (Å²) in [5.41, 5.74) is 5.82. The lowest BCUT2D eigenvalue weighted by Crippen LogP contribution is -2.17. The summed E-state index contributed by atoms with van der Waals surface area (Å²) >= 11 is 0. The van der Waals surface area contributed by atoms with Crippen LogP contribution in [-0.4, -0.2) is 62.2 Å². The molecule has 0 atom stereocenters. The van der Waals surface area contributed by atoms with Gasteiger partial charge in [0.05, 0.1) is 69.2 Å². The topological polar surface area (TPSA) is 105 Å². The number of hydrogen-bond acceptors (Lipinski definition) is 9. The van der Waals surface area contributed by atoms with E-state index in [1.165, 1.54) is 0 Å². The van der Waals surface area contributed by atoms with Gasteiger partial charge in [0.15, 0.2) is 0 Å². The molecule has 2 aromatic carbocycles. The molecular formula is C27H30N8O3. The highest BCUT2D eigenvalue weighted by Gasteiger charge is 2.17. The zero-order chi connectivity index (χ0) is 26.5. The van der Waals surface area contributed by atoms with Gasteiger partial charge in [0.2, 0.25) is 0 Å². The van der Waals surface area contributed by atoms with Crippen molar-refractivity contribution in [3.8, 4) is 22.8 Å². The molecule has 0 amide bonds. The highest BCUT2D eigenvalue weighted by atomic mass is 16.5. The van der Waals surface area contributed by atoms with Crippen molar-refractivity contribution in [3.63, 3.8) is 0 Å². The van der Waals surface area contributed by atoms with Crippen molar-refractivity contribution in [1.29, 1.82) is 0 Å². The Hall–Kier alpha value is -4.51. The van der Waals surface area contributed by atoms with Gasteiger partial charge in [-0.05, 0) is 25.1 Å². The molecule has 0 unspecified atom stereocenters. The third kappa shape index (κ3) is 5.57. The first-order valence-corrected chi connectivity index (χ1v) is 12.3. The molecule has 0 fully saturated rings. The highest BCUT2D eigenvalue weighted by molar-refractivity contribution is 5.82. The molecular weight excluding hydrogens is 484 g/mol. The zero-order valence-corrected chi connectivity index (χ0v) is 21.9. The third-order valence-electron chi connectivity index (χ3n) is 6.06. The van der Waals surface area contributed by atoms with Gasteiger partial charge in [-0.15, -0.1) is 5.10 Å². The summed E-state index contributed by atoms with van der Waals surface area (Å²) in [7, 11) is 5.15. The first-order chi connectivity index (χ1) is 18.6. The van der Waals surface area contributed by atoms with E-state index < -0.39 is 0 Å². The molecule has 5 aromatic rings. The van der Waals surface area contributed by atoms with Crippen LogP contribution in [0.4, 0.5) is 11.4 Å². The summed E-state index contributed by atoms with van der Waals surface area (Å²) in [4.78, 5) is 11.6. The minimum Gasteiger partial charge on any atom is -0.497 e. The van der Waals surface area contributed by atoms with Crippen molar-refractivity contribution >= 4 is 22.4 Å². The predicted octanol–water partition coefficient (Wildman–Crippen LogP) is 4.01. The predicted molar refractivity (Wildman–Crippen MR) is 144 cm³/mol. The van der Waals surface area contributed by atoms with Crippen LogP contribution in [0, 0.1) is 0 Å². The fourth-order valence-corrected chi connectivity index (χ4v) is 4.12. The van der Waals surface area contributed by atoms with E-state index in [1.807, 2.05) is 62.8 Å². The van der Waals surface area contributed by atoms with E-state index in [0.29, 0.717) is 37.8 Å². The highest BCUT2D eigenvalue weighted by Crippen LogP contribution is 2.35. The molecule has 0 radical (unpaired) electrons. The lowest BCUT2D eigenvalue weighted by molar-refractivity contribution is 0.136. The number of nitrogens with zero attached hydrogens (tertiary/aromatic N) is 8. The molecule has 11 nitrogen and oxygen atoms in total. The Bertz CT molecular complexity index is 1510. The van der Waals surface area contributed by atoms with E-state index in [9.17, 15) is 0 Å². The fourth-order valence-electron chi connectivity index (χ4n) is 4.12. The average Bonchev–Trinajstić information content (AvgIpc) is 3.59. The smallest absolute Gasteiger partial charge is 0.124 e. The van der Waals surface area contributed by atoms with Crippen LogP contribution in [0.5, 0.6) is 11.5 Å². The van der Waals surface area contributed by atoms with Gasteiger partial charge in [0, 0.05) is 55.0 Å². The maximum Gasteiger partial charge on any atom is 0.124 e. The lowest BCUT2D eigenvalue weighted by atomic mass is 10.2. The van der Waals surface area contributed by atoms with Crippen LogP contribution in [0.15, 0.2) is 61.2 Å². The lowest BCUT2D eigenvalue weighted by Gasteiger charge is -2.25. The first kappa shape index (κ1) is 25.2. The van der Waals surface area contributed by atoms with Crippen LogP contribution in [0.1, 0.15) is 12.6 Å². The van der Waals surface area contributed by atoms with Gasteiger partial charge in [0.25, 0.3) is 0 Å².